The molecule has 6 nitrogen and oxygen atoms in total. The fourth-order valence-corrected chi connectivity index (χ4v) is 3.70. The lowest BCUT2D eigenvalue weighted by Crippen LogP contribution is -2.32. The van der Waals surface area contributed by atoms with E-state index < -0.39 is 4.92 Å². The molecule has 2 aromatic carbocycles. The van der Waals surface area contributed by atoms with Crippen molar-refractivity contribution in [3.05, 3.63) is 68.2 Å². The van der Waals surface area contributed by atoms with Crippen LogP contribution < -0.4 is 5.32 Å². The monoisotopic (exact) mass is 403 g/mol. The number of hydrogen-bond acceptors (Lipinski definition) is 4. The number of nitrogens with one attached hydrogen (secondary N) is 1. The summed E-state index contributed by atoms with van der Waals surface area (Å²) in [5.74, 6) is -0.151. The Morgan fingerprint density at radius 2 is 2.12 bits per heavy atom. The molecular formula is C18H18BrN3O3. The number of anilines is 1. The molecule has 0 aliphatic heterocycles. The van der Waals surface area contributed by atoms with Crippen LogP contribution in [0.1, 0.15) is 23.6 Å². The van der Waals surface area contributed by atoms with E-state index in [1.54, 1.807) is 0 Å². The summed E-state index contributed by atoms with van der Waals surface area (Å²) >= 11 is 3.27. The molecule has 1 N–H and O–H groups in total. The third kappa shape index (κ3) is 3.88. The lowest BCUT2D eigenvalue weighted by Gasteiger charge is -2.24. The smallest absolute Gasteiger partial charge is 0.270 e. The first-order valence-electron chi connectivity index (χ1n) is 7.97. The summed E-state index contributed by atoms with van der Waals surface area (Å²) in [6.07, 6.45) is 2.03. The highest BCUT2D eigenvalue weighted by molar-refractivity contribution is 9.10. The number of carbonyl (C=O) groups excluding carboxylic acids is 1. The molecule has 25 heavy (non-hydrogen) atoms. The van der Waals surface area contributed by atoms with Crippen LogP contribution in [0.5, 0.6) is 0 Å². The largest absolute Gasteiger partial charge is 0.324 e. The van der Waals surface area contributed by atoms with Gasteiger partial charge in [-0.3, -0.25) is 19.8 Å². The number of carbonyl (C=O) groups is 1. The molecule has 0 saturated heterocycles. The molecule has 0 radical (unpaired) electrons. The Hall–Kier alpha value is -2.25. The molecular weight excluding hydrogens is 386 g/mol. The standard InChI is InChI=1S/C18H18BrN3O3/c1-21(17-9-6-12-4-2-3-5-14(12)17)11-18(23)20-16-8-7-13(22(24)25)10-15(16)19/h2-5,7-8,10,17H,6,9,11H2,1H3,(H,20,23)/t17-/m1/s1. The van der Waals surface area contributed by atoms with Crippen LogP contribution in [0.2, 0.25) is 0 Å². The number of benzene rings is 2. The van der Waals surface area contributed by atoms with E-state index in [0.717, 1.165) is 12.8 Å². The summed E-state index contributed by atoms with van der Waals surface area (Å²) < 4.78 is 0.490. The van der Waals surface area contributed by atoms with Gasteiger partial charge in [-0.2, -0.15) is 0 Å². The van der Waals surface area contributed by atoms with Crippen molar-refractivity contribution in [3.8, 4) is 0 Å². The predicted octanol–water partition coefficient (Wildman–Crippen LogP) is 3.92. The minimum Gasteiger partial charge on any atom is -0.324 e. The van der Waals surface area contributed by atoms with Gasteiger partial charge < -0.3 is 5.32 Å². The van der Waals surface area contributed by atoms with E-state index in [1.807, 2.05) is 24.1 Å². The normalized spacial score (nSPS) is 15.9. The quantitative estimate of drug-likeness (QED) is 0.606. The van der Waals surface area contributed by atoms with Crippen LogP contribution in [0.25, 0.3) is 0 Å². The molecule has 2 aromatic rings. The molecule has 1 amide bonds. The van der Waals surface area contributed by atoms with Gasteiger partial charge in [0.05, 0.1) is 17.2 Å². The van der Waals surface area contributed by atoms with Crippen molar-refractivity contribution in [1.29, 1.82) is 0 Å². The molecule has 0 saturated carbocycles. The second kappa shape index (κ2) is 7.33. The van der Waals surface area contributed by atoms with Crippen LogP contribution in [0, 0.1) is 10.1 Å². The minimum atomic E-state index is -0.471. The van der Waals surface area contributed by atoms with Crippen LogP contribution in [0.3, 0.4) is 0 Å². The molecule has 0 unspecified atom stereocenters. The maximum Gasteiger partial charge on any atom is 0.270 e. The Balaban J connectivity index is 1.64. The van der Waals surface area contributed by atoms with Crippen molar-refractivity contribution in [2.45, 2.75) is 18.9 Å². The number of amides is 1. The molecule has 0 aromatic heterocycles. The summed E-state index contributed by atoms with van der Waals surface area (Å²) in [4.78, 5) is 24.7. The molecule has 7 heteroatoms. The highest BCUT2D eigenvalue weighted by Crippen LogP contribution is 2.34. The van der Waals surface area contributed by atoms with E-state index >= 15 is 0 Å². The summed E-state index contributed by atoms with van der Waals surface area (Å²) in [6, 6.07) is 12.8. The highest BCUT2D eigenvalue weighted by atomic mass is 79.9. The first kappa shape index (κ1) is 17.6. The van der Waals surface area contributed by atoms with E-state index in [9.17, 15) is 14.9 Å². The SMILES string of the molecule is CN(CC(=O)Nc1ccc([N+](=O)[O-])cc1Br)[C@@H]1CCc2ccccc21. The Morgan fingerprint density at radius 1 is 1.36 bits per heavy atom. The molecule has 3 rings (SSSR count). The van der Waals surface area contributed by atoms with Crippen molar-refractivity contribution in [3.63, 3.8) is 0 Å². The number of non-ortho nitro benzene ring substituents is 1. The van der Waals surface area contributed by atoms with Gasteiger partial charge in [-0.25, -0.2) is 0 Å². The third-order valence-electron chi connectivity index (χ3n) is 4.46. The van der Waals surface area contributed by atoms with Crippen molar-refractivity contribution in [1.82, 2.24) is 4.90 Å². The lowest BCUT2D eigenvalue weighted by atomic mass is 10.1. The second-order valence-electron chi connectivity index (χ2n) is 6.14. The highest BCUT2D eigenvalue weighted by Gasteiger charge is 2.26. The van der Waals surface area contributed by atoms with Crippen molar-refractivity contribution >= 4 is 33.2 Å². The van der Waals surface area contributed by atoms with Crippen molar-refractivity contribution < 1.29 is 9.72 Å². The van der Waals surface area contributed by atoms with Crippen molar-refractivity contribution in [2.24, 2.45) is 0 Å². The van der Waals surface area contributed by atoms with Crippen LogP contribution >= 0.6 is 15.9 Å². The fraction of sp³-hybridized carbons (Fsp3) is 0.278. The summed E-state index contributed by atoms with van der Waals surface area (Å²) in [5.41, 5.74) is 3.13. The summed E-state index contributed by atoms with van der Waals surface area (Å²) in [5, 5.41) is 13.6. The Morgan fingerprint density at radius 3 is 2.84 bits per heavy atom. The maximum atomic E-state index is 12.4. The number of likely N-dealkylation sites (N-methyl/N-ethyl adjacent to an activating group) is 1. The molecule has 0 spiro atoms. The number of nitro benzene ring substituents is 1. The maximum absolute atomic E-state index is 12.4. The van der Waals surface area contributed by atoms with Gasteiger partial charge in [-0.1, -0.05) is 24.3 Å². The first-order chi connectivity index (χ1) is 12.0. The topological polar surface area (TPSA) is 75.5 Å². The zero-order chi connectivity index (χ0) is 18.0. The Kier molecular flexibility index (Phi) is 5.15. The van der Waals surface area contributed by atoms with Gasteiger partial charge in [0, 0.05) is 22.6 Å². The van der Waals surface area contributed by atoms with Crippen molar-refractivity contribution in [2.75, 3.05) is 18.9 Å². The zero-order valence-electron chi connectivity index (χ0n) is 13.7. The molecule has 0 heterocycles. The van der Waals surface area contributed by atoms with Crippen LogP contribution in [-0.4, -0.2) is 29.3 Å². The first-order valence-corrected chi connectivity index (χ1v) is 8.77. The number of aryl methyl sites for hydroxylation is 1. The number of rotatable bonds is 5. The van der Waals surface area contributed by atoms with Gasteiger partial charge in [0.15, 0.2) is 0 Å². The number of hydrogen-bond donors (Lipinski definition) is 1. The Bertz CT molecular complexity index is 825. The van der Waals surface area contributed by atoms with Gasteiger partial charge >= 0.3 is 0 Å². The fourth-order valence-electron chi connectivity index (χ4n) is 3.24. The van der Waals surface area contributed by atoms with E-state index in [4.69, 9.17) is 0 Å². The van der Waals surface area contributed by atoms with E-state index in [2.05, 4.69) is 33.4 Å². The van der Waals surface area contributed by atoms with Gasteiger partial charge in [-0.15, -0.1) is 0 Å². The van der Waals surface area contributed by atoms with E-state index in [1.165, 1.54) is 29.3 Å². The lowest BCUT2D eigenvalue weighted by molar-refractivity contribution is -0.384. The Labute approximate surface area is 154 Å². The summed E-state index contributed by atoms with van der Waals surface area (Å²) in [7, 11) is 1.94. The minimum absolute atomic E-state index is 0.0236. The molecule has 1 aliphatic rings. The van der Waals surface area contributed by atoms with Crippen LogP contribution in [0.15, 0.2) is 46.9 Å². The number of halogens is 1. The van der Waals surface area contributed by atoms with Gasteiger partial charge in [-0.05, 0) is 53.0 Å². The molecule has 0 fully saturated rings. The van der Waals surface area contributed by atoms with Crippen LogP contribution in [-0.2, 0) is 11.2 Å². The molecule has 0 bridgehead atoms. The van der Waals surface area contributed by atoms with E-state index in [-0.39, 0.29) is 24.2 Å². The summed E-state index contributed by atoms with van der Waals surface area (Å²) in [6.45, 7) is 0.252. The third-order valence-corrected chi connectivity index (χ3v) is 5.12. The number of nitrogens with zero attached hydrogens (tertiary/aromatic N) is 2. The molecule has 130 valence electrons. The average Bonchev–Trinajstić information content (AvgIpc) is 3.00. The van der Waals surface area contributed by atoms with Crippen LogP contribution in [0.4, 0.5) is 11.4 Å². The van der Waals surface area contributed by atoms with E-state index in [0.29, 0.717) is 10.2 Å². The number of fused-ring (bicyclic) bond motifs is 1. The zero-order valence-corrected chi connectivity index (χ0v) is 15.3. The van der Waals surface area contributed by atoms with Gasteiger partial charge in [0.25, 0.3) is 5.69 Å². The molecule has 1 aliphatic carbocycles. The predicted molar refractivity (Wildman–Crippen MR) is 99.6 cm³/mol. The second-order valence-corrected chi connectivity index (χ2v) is 6.99. The van der Waals surface area contributed by atoms with Gasteiger partial charge in [0.1, 0.15) is 0 Å². The average molecular weight is 404 g/mol. The molecule has 1 atom stereocenters. The van der Waals surface area contributed by atoms with Gasteiger partial charge in [0.2, 0.25) is 5.91 Å². The number of nitro groups is 1.